The summed E-state index contributed by atoms with van der Waals surface area (Å²) in [6.45, 7) is 12.2. The Kier molecular flexibility index (Phi) is 6.72. The van der Waals surface area contributed by atoms with Crippen LogP contribution < -0.4 is 0 Å². The largest absolute Gasteiger partial charge is 0.0808 e. The summed E-state index contributed by atoms with van der Waals surface area (Å²) >= 11 is 0. The van der Waals surface area contributed by atoms with E-state index in [0.29, 0.717) is 5.92 Å². The minimum Gasteiger partial charge on any atom is -0.0808 e. The van der Waals surface area contributed by atoms with Crippen LogP contribution in [0.15, 0.2) is 60.7 Å². The van der Waals surface area contributed by atoms with Crippen LogP contribution in [-0.4, -0.2) is 8.07 Å². The Balaban J connectivity index is 1.50. The van der Waals surface area contributed by atoms with Crippen molar-refractivity contribution in [1.82, 2.24) is 0 Å². The van der Waals surface area contributed by atoms with Crippen molar-refractivity contribution in [3.63, 3.8) is 0 Å². The van der Waals surface area contributed by atoms with Gasteiger partial charge in [-0.1, -0.05) is 131 Å². The first-order chi connectivity index (χ1) is 17.9. The zero-order chi connectivity index (χ0) is 25.7. The topological polar surface area (TPSA) is 0 Å². The Morgan fingerprint density at radius 1 is 0.919 bits per heavy atom. The predicted octanol–water partition coefficient (Wildman–Crippen LogP) is 10.9. The summed E-state index contributed by atoms with van der Waals surface area (Å²) < 4.78 is 0. The van der Waals surface area contributed by atoms with E-state index in [0.717, 1.165) is 23.3 Å². The van der Waals surface area contributed by atoms with Crippen LogP contribution in [0.5, 0.6) is 0 Å². The van der Waals surface area contributed by atoms with Crippen LogP contribution in [0.3, 0.4) is 0 Å². The Hall–Kier alpha value is -2.12. The van der Waals surface area contributed by atoms with Gasteiger partial charge >= 0.3 is 0 Å². The minimum atomic E-state index is -1.34. The second-order valence-electron chi connectivity index (χ2n) is 13.2. The molecule has 6 rings (SSSR count). The molecule has 0 nitrogen and oxygen atoms in total. The van der Waals surface area contributed by atoms with Gasteiger partial charge in [-0.05, 0) is 87.7 Å². The molecule has 2 fully saturated rings. The maximum atomic E-state index is 2.67. The summed E-state index contributed by atoms with van der Waals surface area (Å²) in [5.41, 5.74) is 6.92. The lowest BCUT2D eigenvalue weighted by molar-refractivity contribution is 0.508. The highest BCUT2D eigenvalue weighted by molar-refractivity contribution is 6.81. The van der Waals surface area contributed by atoms with Crippen molar-refractivity contribution >= 4 is 35.2 Å². The molecule has 194 valence electrons. The highest BCUT2D eigenvalue weighted by atomic mass is 28.3. The standard InChI is InChI=1S/C36H46Si/c1-6-24(2)23-37(19-10-7-11-20-37)36-26(4)22-33-31(15-12-16-32(33)36)35-30-14-9-8-13-28(30)27(5)29-18-17-25(3)21-34(29)35/h8-9,12-18,21,24,26,32-33,36H,6-7,10-11,19-20,22-23H2,1-5H3. The van der Waals surface area contributed by atoms with Crippen LogP contribution in [0.25, 0.3) is 27.1 Å². The smallest absolute Gasteiger partial charge is 0.0578 e. The van der Waals surface area contributed by atoms with Crippen LogP contribution in [0.2, 0.25) is 23.7 Å². The van der Waals surface area contributed by atoms with Gasteiger partial charge in [-0.3, -0.25) is 0 Å². The van der Waals surface area contributed by atoms with Crippen molar-refractivity contribution in [2.24, 2.45) is 23.7 Å². The van der Waals surface area contributed by atoms with E-state index >= 15 is 0 Å². The van der Waals surface area contributed by atoms with Crippen molar-refractivity contribution in [1.29, 1.82) is 0 Å². The molecule has 3 aromatic carbocycles. The average molecular weight is 507 g/mol. The van der Waals surface area contributed by atoms with E-state index in [-0.39, 0.29) is 0 Å². The number of allylic oxidation sites excluding steroid dienone is 4. The molecule has 0 aromatic heterocycles. The van der Waals surface area contributed by atoms with Crippen molar-refractivity contribution in [3.05, 3.63) is 77.4 Å². The zero-order valence-electron chi connectivity index (χ0n) is 23.8. The van der Waals surface area contributed by atoms with Gasteiger partial charge in [0.15, 0.2) is 0 Å². The van der Waals surface area contributed by atoms with Crippen LogP contribution in [-0.2, 0) is 0 Å². The number of benzene rings is 3. The summed E-state index contributed by atoms with van der Waals surface area (Å²) in [5, 5.41) is 5.79. The van der Waals surface area contributed by atoms with Crippen LogP contribution in [0.4, 0.5) is 0 Å². The molecule has 0 spiro atoms. The Morgan fingerprint density at radius 2 is 1.65 bits per heavy atom. The Bertz CT molecular complexity index is 1370. The summed E-state index contributed by atoms with van der Waals surface area (Å²) in [7, 11) is -1.34. The second kappa shape index (κ2) is 9.88. The van der Waals surface area contributed by atoms with Gasteiger partial charge in [-0.2, -0.15) is 0 Å². The number of hydrogen-bond donors (Lipinski definition) is 0. The summed E-state index contributed by atoms with van der Waals surface area (Å²) in [6, 6.07) is 21.1. The van der Waals surface area contributed by atoms with Crippen molar-refractivity contribution in [2.45, 2.75) is 90.4 Å². The van der Waals surface area contributed by atoms with Gasteiger partial charge < -0.3 is 0 Å². The third-order valence-electron chi connectivity index (χ3n) is 10.9. The number of aryl methyl sites for hydroxylation is 2. The molecule has 3 aliphatic rings. The number of hydrogen-bond acceptors (Lipinski definition) is 0. The van der Waals surface area contributed by atoms with E-state index in [9.17, 15) is 0 Å². The molecule has 0 bridgehead atoms. The van der Waals surface area contributed by atoms with Gasteiger partial charge in [0.05, 0.1) is 8.07 Å². The fraction of sp³-hybridized carbons (Fsp3) is 0.500. The van der Waals surface area contributed by atoms with Gasteiger partial charge in [-0.25, -0.2) is 0 Å². The average Bonchev–Trinajstić information content (AvgIpc) is 3.26. The van der Waals surface area contributed by atoms with Gasteiger partial charge in [0.25, 0.3) is 0 Å². The Morgan fingerprint density at radius 3 is 2.41 bits per heavy atom. The molecule has 1 saturated carbocycles. The van der Waals surface area contributed by atoms with E-state index in [1.807, 2.05) is 0 Å². The predicted molar refractivity (Wildman–Crippen MR) is 166 cm³/mol. The molecule has 1 heterocycles. The first kappa shape index (κ1) is 25.2. The van der Waals surface area contributed by atoms with Gasteiger partial charge in [-0.15, -0.1) is 0 Å². The molecule has 1 heteroatoms. The molecular weight excluding hydrogens is 460 g/mol. The first-order valence-corrected chi connectivity index (χ1v) is 17.9. The fourth-order valence-corrected chi connectivity index (χ4v) is 16.9. The van der Waals surface area contributed by atoms with Gasteiger partial charge in [0, 0.05) is 0 Å². The molecule has 0 amide bonds. The van der Waals surface area contributed by atoms with Gasteiger partial charge in [0.2, 0.25) is 0 Å². The first-order valence-electron chi connectivity index (χ1n) is 15.2. The molecule has 1 saturated heterocycles. The number of fused-ring (bicyclic) bond motifs is 3. The maximum Gasteiger partial charge on any atom is 0.0578 e. The van der Waals surface area contributed by atoms with Crippen molar-refractivity contribution in [3.8, 4) is 0 Å². The molecule has 0 N–H and O–H groups in total. The zero-order valence-corrected chi connectivity index (χ0v) is 24.8. The highest BCUT2D eigenvalue weighted by Gasteiger charge is 2.53. The molecule has 37 heavy (non-hydrogen) atoms. The Labute approximate surface area is 226 Å². The SMILES string of the molecule is CCC(C)C[Si]1(C2C(C)CC3C(c4c5ccccc5c(C)c5ccc(C)cc45)=CC=CC32)CCCCC1. The molecule has 0 radical (unpaired) electrons. The summed E-state index contributed by atoms with van der Waals surface area (Å²) in [5.74, 6) is 3.15. The molecule has 3 aromatic rings. The molecule has 5 atom stereocenters. The second-order valence-corrected chi connectivity index (χ2v) is 18.0. The molecule has 5 unspecified atom stereocenters. The molecular formula is C36H46Si. The lowest BCUT2D eigenvalue weighted by atomic mass is 9.77. The van der Waals surface area contributed by atoms with E-state index in [1.165, 1.54) is 70.3 Å². The quantitative estimate of drug-likeness (QED) is 0.238. The monoisotopic (exact) mass is 506 g/mol. The van der Waals surface area contributed by atoms with E-state index in [1.54, 1.807) is 23.7 Å². The van der Waals surface area contributed by atoms with Gasteiger partial charge in [0.1, 0.15) is 0 Å². The van der Waals surface area contributed by atoms with E-state index in [4.69, 9.17) is 0 Å². The van der Waals surface area contributed by atoms with Crippen molar-refractivity contribution < 1.29 is 0 Å². The van der Waals surface area contributed by atoms with Crippen LogP contribution >= 0.6 is 0 Å². The van der Waals surface area contributed by atoms with Crippen LogP contribution in [0.1, 0.15) is 69.6 Å². The van der Waals surface area contributed by atoms with Crippen LogP contribution in [0, 0.1) is 37.5 Å². The third-order valence-corrected chi connectivity index (χ3v) is 17.4. The normalized spacial score (nSPS) is 27.9. The minimum absolute atomic E-state index is 0.669. The lowest BCUT2D eigenvalue weighted by Crippen LogP contribution is -2.46. The van der Waals surface area contributed by atoms with E-state index < -0.39 is 8.07 Å². The molecule has 1 aliphatic heterocycles. The summed E-state index contributed by atoms with van der Waals surface area (Å²) in [6.07, 6.45) is 14.9. The lowest BCUT2D eigenvalue weighted by Gasteiger charge is -2.46. The fourth-order valence-electron chi connectivity index (χ4n) is 9.20. The number of rotatable bonds is 5. The highest BCUT2D eigenvalue weighted by Crippen LogP contribution is 2.61. The van der Waals surface area contributed by atoms with Crippen molar-refractivity contribution in [2.75, 3.05) is 0 Å². The van der Waals surface area contributed by atoms with E-state index in [2.05, 4.69) is 95.3 Å². The molecule has 2 aliphatic carbocycles. The maximum absolute atomic E-state index is 2.67. The summed E-state index contributed by atoms with van der Waals surface area (Å²) in [4.78, 5) is 0. The third kappa shape index (κ3) is 4.17.